The number of carboxylic acid groups (broad SMARTS) is 1. The number of carbonyl (C=O) groups is 2. The summed E-state index contributed by atoms with van der Waals surface area (Å²) in [4.78, 5) is 23.7. The van der Waals surface area contributed by atoms with Crippen molar-refractivity contribution in [2.45, 2.75) is 13.5 Å². The minimum Gasteiger partial charge on any atom is -0.480 e. The van der Waals surface area contributed by atoms with E-state index in [0.29, 0.717) is 6.54 Å². The molecule has 0 aliphatic heterocycles. The standard InChI is InChI=1S/C12H18N4O3/c1-4-5-16(8-11(17)18)12(19)13-6-10-7-14-15(3)9(10)2/h4,7H,1,5-6,8H2,2-3H3,(H,13,19)(H,17,18). The molecule has 0 bridgehead atoms. The number of aliphatic carboxylic acids is 1. The molecular weight excluding hydrogens is 248 g/mol. The van der Waals surface area contributed by atoms with Crippen LogP contribution in [0.25, 0.3) is 0 Å². The Labute approximate surface area is 111 Å². The van der Waals surface area contributed by atoms with Gasteiger partial charge in [0.1, 0.15) is 6.54 Å². The monoisotopic (exact) mass is 266 g/mol. The summed E-state index contributed by atoms with van der Waals surface area (Å²) in [6.07, 6.45) is 3.16. The normalized spacial score (nSPS) is 10.0. The molecular formula is C12H18N4O3. The third-order valence-corrected chi connectivity index (χ3v) is 2.73. The highest BCUT2D eigenvalue weighted by atomic mass is 16.4. The van der Waals surface area contributed by atoms with Crippen LogP contribution in [0.5, 0.6) is 0 Å². The van der Waals surface area contributed by atoms with E-state index < -0.39 is 12.0 Å². The highest BCUT2D eigenvalue weighted by molar-refractivity contribution is 5.80. The molecule has 7 heteroatoms. The minimum atomic E-state index is -1.06. The molecule has 0 aliphatic rings. The van der Waals surface area contributed by atoms with Gasteiger partial charge >= 0.3 is 12.0 Å². The number of aromatic nitrogens is 2. The first kappa shape index (κ1) is 14.7. The molecule has 0 saturated heterocycles. The number of carboxylic acids is 1. The SMILES string of the molecule is C=CCN(CC(=O)O)C(=O)NCc1cnn(C)c1C. The van der Waals surface area contributed by atoms with Gasteiger partial charge in [-0.05, 0) is 6.92 Å². The number of aryl methyl sites for hydroxylation is 1. The molecule has 104 valence electrons. The second-order valence-corrected chi connectivity index (χ2v) is 4.10. The highest BCUT2D eigenvalue weighted by Crippen LogP contribution is 2.05. The van der Waals surface area contributed by atoms with Crippen LogP contribution in [-0.4, -0.2) is 44.9 Å². The zero-order valence-electron chi connectivity index (χ0n) is 11.1. The van der Waals surface area contributed by atoms with E-state index in [2.05, 4.69) is 17.0 Å². The maximum Gasteiger partial charge on any atom is 0.323 e. The van der Waals surface area contributed by atoms with Crippen molar-refractivity contribution in [1.29, 1.82) is 0 Å². The molecule has 19 heavy (non-hydrogen) atoms. The zero-order valence-corrected chi connectivity index (χ0v) is 11.1. The molecule has 0 fully saturated rings. The second kappa shape index (κ2) is 6.58. The Kier molecular flexibility index (Phi) is 5.11. The van der Waals surface area contributed by atoms with E-state index in [4.69, 9.17) is 5.11 Å². The lowest BCUT2D eigenvalue weighted by molar-refractivity contribution is -0.137. The summed E-state index contributed by atoms with van der Waals surface area (Å²) in [5.41, 5.74) is 1.85. The Morgan fingerprint density at radius 2 is 2.32 bits per heavy atom. The van der Waals surface area contributed by atoms with Gasteiger partial charge in [-0.15, -0.1) is 6.58 Å². The molecule has 7 nitrogen and oxygen atoms in total. The average molecular weight is 266 g/mol. The van der Waals surface area contributed by atoms with Gasteiger partial charge in [0.05, 0.1) is 6.20 Å². The highest BCUT2D eigenvalue weighted by Gasteiger charge is 2.15. The number of rotatable bonds is 6. The second-order valence-electron chi connectivity index (χ2n) is 4.10. The molecule has 0 saturated carbocycles. The number of hydrogen-bond donors (Lipinski definition) is 2. The summed E-state index contributed by atoms with van der Waals surface area (Å²) in [5, 5.41) is 15.5. The lowest BCUT2D eigenvalue weighted by Crippen LogP contribution is -2.42. The smallest absolute Gasteiger partial charge is 0.323 e. The third-order valence-electron chi connectivity index (χ3n) is 2.73. The van der Waals surface area contributed by atoms with Gasteiger partial charge in [0.25, 0.3) is 0 Å². The molecule has 2 N–H and O–H groups in total. The van der Waals surface area contributed by atoms with Gasteiger partial charge in [0.15, 0.2) is 0 Å². The fraction of sp³-hybridized carbons (Fsp3) is 0.417. The predicted molar refractivity (Wildman–Crippen MR) is 69.6 cm³/mol. The lowest BCUT2D eigenvalue weighted by atomic mass is 10.2. The van der Waals surface area contributed by atoms with Crippen LogP contribution in [0.4, 0.5) is 4.79 Å². The van der Waals surface area contributed by atoms with Crippen molar-refractivity contribution in [2.75, 3.05) is 13.1 Å². The summed E-state index contributed by atoms with van der Waals surface area (Å²) < 4.78 is 1.71. The number of amides is 2. The Bertz CT molecular complexity index is 481. The largest absolute Gasteiger partial charge is 0.480 e. The Balaban J connectivity index is 2.59. The fourth-order valence-electron chi connectivity index (χ4n) is 1.54. The molecule has 1 heterocycles. The summed E-state index contributed by atoms with van der Waals surface area (Å²) >= 11 is 0. The molecule has 1 rings (SSSR count). The molecule has 0 aromatic carbocycles. The van der Waals surface area contributed by atoms with E-state index in [-0.39, 0.29) is 13.1 Å². The molecule has 0 atom stereocenters. The number of urea groups is 1. The maximum atomic E-state index is 11.8. The number of hydrogen-bond acceptors (Lipinski definition) is 3. The summed E-state index contributed by atoms with van der Waals surface area (Å²) in [5.74, 6) is -1.06. The third kappa shape index (κ3) is 4.13. The van der Waals surface area contributed by atoms with E-state index in [1.165, 1.54) is 11.0 Å². The molecule has 0 radical (unpaired) electrons. The van der Waals surface area contributed by atoms with Gasteiger partial charge < -0.3 is 15.3 Å². The van der Waals surface area contributed by atoms with Crippen molar-refractivity contribution in [3.63, 3.8) is 0 Å². The molecule has 1 aromatic rings. The summed E-state index contributed by atoms with van der Waals surface area (Å²) in [6.45, 7) is 5.53. The Morgan fingerprint density at radius 3 is 2.79 bits per heavy atom. The number of nitrogens with one attached hydrogen (secondary N) is 1. The Hall–Kier alpha value is -2.31. The van der Waals surface area contributed by atoms with E-state index in [1.54, 1.807) is 10.9 Å². The van der Waals surface area contributed by atoms with Gasteiger partial charge in [-0.2, -0.15) is 5.10 Å². The van der Waals surface area contributed by atoms with Crippen molar-refractivity contribution >= 4 is 12.0 Å². The van der Waals surface area contributed by atoms with Crippen molar-refractivity contribution in [3.8, 4) is 0 Å². The van der Waals surface area contributed by atoms with Gasteiger partial charge in [0, 0.05) is 31.4 Å². The fourth-order valence-corrected chi connectivity index (χ4v) is 1.54. The quantitative estimate of drug-likeness (QED) is 0.734. The maximum absolute atomic E-state index is 11.8. The van der Waals surface area contributed by atoms with E-state index >= 15 is 0 Å². The number of carbonyl (C=O) groups excluding carboxylic acids is 1. The van der Waals surface area contributed by atoms with E-state index in [0.717, 1.165) is 11.3 Å². The van der Waals surface area contributed by atoms with Gasteiger partial charge in [0.2, 0.25) is 0 Å². The van der Waals surface area contributed by atoms with Gasteiger partial charge in [-0.3, -0.25) is 9.48 Å². The van der Waals surface area contributed by atoms with Crippen molar-refractivity contribution in [1.82, 2.24) is 20.0 Å². The van der Waals surface area contributed by atoms with Crippen LogP contribution < -0.4 is 5.32 Å². The minimum absolute atomic E-state index is 0.185. The van der Waals surface area contributed by atoms with Crippen LogP contribution in [0.2, 0.25) is 0 Å². The summed E-state index contributed by atoms with van der Waals surface area (Å²) in [7, 11) is 1.81. The first-order valence-electron chi connectivity index (χ1n) is 5.78. The van der Waals surface area contributed by atoms with Crippen LogP contribution in [-0.2, 0) is 18.4 Å². The first-order chi connectivity index (χ1) is 8.95. The van der Waals surface area contributed by atoms with Crippen LogP contribution in [0.1, 0.15) is 11.3 Å². The average Bonchev–Trinajstić information content (AvgIpc) is 2.66. The van der Waals surface area contributed by atoms with Crippen molar-refractivity contribution in [2.24, 2.45) is 7.05 Å². The molecule has 0 unspecified atom stereocenters. The van der Waals surface area contributed by atoms with Gasteiger partial charge in [-0.1, -0.05) is 6.08 Å². The molecule has 1 aromatic heterocycles. The van der Waals surface area contributed by atoms with Crippen molar-refractivity contribution < 1.29 is 14.7 Å². The van der Waals surface area contributed by atoms with Crippen LogP contribution in [0, 0.1) is 6.92 Å². The van der Waals surface area contributed by atoms with E-state index in [9.17, 15) is 9.59 Å². The zero-order chi connectivity index (χ0) is 14.4. The number of nitrogens with zero attached hydrogens (tertiary/aromatic N) is 3. The molecule has 0 aliphatic carbocycles. The van der Waals surface area contributed by atoms with Crippen LogP contribution in [0.3, 0.4) is 0 Å². The van der Waals surface area contributed by atoms with E-state index in [1.807, 2.05) is 14.0 Å². The topological polar surface area (TPSA) is 87.5 Å². The lowest BCUT2D eigenvalue weighted by Gasteiger charge is -2.19. The molecule has 2 amide bonds. The van der Waals surface area contributed by atoms with Crippen LogP contribution >= 0.6 is 0 Å². The van der Waals surface area contributed by atoms with Gasteiger partial charge in [-0.25, -0.2) is 4.79 Å². The van der Waals surface area contributed by atoms with Crippen molar-refractivity contribution in [3.05, 3.63) is 30.1 Å². The predicted octanol–water partition coefficient (Wildman–Crippen LogP) is 0.511. The summed E-state index contributed by atoms with van der Waals surface area (Å²) in [6, 6.07) is -0.439. The van der Waals surface area contributed by atoms with Crippen LogP contribution in [0.15, 0.2) is 18.9 Å². The molecule has 0 spiro atoms. The Morgan fingerprint density at radius 1 is 1.63 bits per heavy atom. The first-order valence-corrected chi connectivity index (χ1v) is 5.78.